The fraction of sp³-hybridized carbons (Fsp3) is 0.342. The highest BCUT2D eigenvalue weighted by Crippen LogP contribution is 2.60. The van der Waals surface area contributed by atoms with Crippen LogP contribution in [0.25, 0.3) is 0 Å². The van der Waals surface area contributed by atoms with Crippen LogP contribution in [0.2, 0.25) is 0 Å². The van der Waals surface area contributed by atoms with Crippen LogP contribution in [-0.2, 0) is 20.8 Å². The molecule has 216 valence electrons. The summed E-state index contributed by atoms with van der Waals surface area (Å²) in [7, 11) is 0. The van der Waals surface area contributed by atoms with Crippen LogP contribution in [0, 0.1) is 47.3 Å². The number of hydrogen-bond donors (Lipinski definition) is 0. The van der Waals surface area contributed by atoms with Crippen molar-refractivity contribution in [2.24, 2.45) is 47.3 Å². The van der Waals surface area contributed by atoms with Crippen LogP contribution in [0.5, 0.6) is 0 Å². The van der Waals surface area contributed by atoms with Gasteiger partial charge in [-0.25, -0.2) is 0 Å². The first kappa shape index (κ1) is 26.4. The second kappa shape index (κ2) is 9.63. The molecule has 8 rings (SSSR count). The van der Waals surface area contributed by atoms with Gasteiger partial charge in [0.2, 0.25) is 17.7 Å². The molecule has 2 saturated carbocycles. The SMILES string of the molecule is C=CCC1=CC2CC1C1C(=C)N(c3ccc(Cc4ccc(N5C(=O)C6C7C=C(CC=C)C(C7)C6C5=O)cc4)cc3)C(=O)C21. The predicted octanol–water partition coefficient (Wildman–Crippen LogP) is 6.78. The number of fused-ring (bicyclic) bond motifs is 10. The Morgan fingerprint density at radius 1 is 0.628 bits per heavy atom. The third kappa shape index (κ3) is 3.73. The number of rotatable bonds is 8. The first-order valence-electron chi connectivity index (χ1n) is 15.6. The second-order valence-corrected chi connectivity index (χ2v) is 13.3. The summed E-state index contributed by atoms with van der Waals surface area (Å²) in [5, 5.41) is 0. The van der Waals surface area contributed by atoms with E-state index in [4.69, 9.17) is 0 Å². The van der Waals surface area contributed by atoms with Crippen LogP contribution in [0.4, 0.5) is 11.4 Å². The van der Waals surface area contributed by atoms with Gasteiger partial charge in [-0.15, -0.1) is 13.2 Å². The van der Waals surface area contributed by atoms with E-state index >= 15 is 0 Å². The predicted molar refractivity (Wildman–Crippen MR) is 168 cm³/mol. The molecule has 2 aliphatic heterocycles. The van der Waals surface area contributed by atoms with Crippen LogP contribution < -0.4 is 9.80 Å². The van der Waals surface area contributed by atoms with E-state index in [2.05, 4.69) is 44.0 Å². The number of imide groups is 1. The van der Waals surface area contributed by atoms with E-state index in [1.165, 1.54) is 16.0 Å². The van der Waals surface area contributed by atoms with Crippen molar-refractivity contribution in [1.82, 2.24) is 0 Å². The number of amides is 3. The number of carbonyl (C=O) groups is 3. The van der Waals surface area contributed by atoms with Gasteiger partial charge in [-0.05, 0) is 91.2 Å². The highest BCUT2D eigenvalue weighted by atomic mass is 16.2. The van der Waals surface area contributed by atoms with Gasteiger partial charge in [0.25, 0.3) is 0 Å². The average Bonchev–Trinajstić information content (AvgIpc) is 3.83. The molecule has 4 bridgehead atoms. The molecule has 2 saturated heterocycles. The van der Waals surface area contributed by atoms with Crippen molar-refractivity contribution in [3.63, 3.8) is 0 Å². The largest absolute Gasteiger partial charge is 0.285 e. The van der Waals surface area contributed by atoms with Crippen molar-refractivity contribution in [3.8, 4) is 0 Å². The van der Waals surface area contributed by atoms with Crippen molar-refractivity contribution in [2.45, 2.75) is 32.1 Å². The Hall–Kier alpha value is -4.25. The molecule has 3 amide bonds. The summed E-state index contributed by atoms with van der Waals surface area (Å²) < 4.78 is 0. The van der Waals surface area contributed by atoms with E-state index in [1.807, 2.05) is 53.5 Å². The van der Waals surface area contributed by atoms with Gasteiger partial charge in [0.1, 0.15) is 0 Å². The van der Waals surface area contributed by atoms with E-state index in [0.717, 1.165) is 48.2 Å². The Balaban J connectivity index is 0.947. The summed E-state index contributed by atoms with van der Waals surface area (Å²) >= 11 is 0. The molecule has 4 aliphatic carbocycles. The molecule has 4 fully saturated rings. The zero-order valence-corrected chi connectivity index (χ0v) is 24.3. The lowest BCUT2D eigenvalue weighted by molar-refractivity contribution is -0.123. The van der Waals surface area contributed by atoms with Gasteiger partial charge in [0.05, 0.1) is 23.4 Å². The Morgan fingerprint density at radius 3 is 1.60 bits per heavy atom. The van der Waals surface area contributed by atoms with E-state index in [1.54, 1.807) is 0 Å². The van der Waals surface area contributed by atoms with Crippen molar-refractivity contribution in [1.29, 1.82) is 0 Å². The summed E-state index contributed by atoms with van der Waals surface area (Å²) in [6.45, 7) is 12.2. The lowest BCUT2D eigenvalue weighted by Gasteiger charge is -2.24. The van der Waals surface area contributed by atoms with Crippen molar-refractivity contribution in [3.05, 3.63) is 121 Å². The quantitative estimate of drug-likeness (QED) is 0.261. The number of nitrogens with zero attached hydrogens (tertiary/aromatic N) is 2. The second-order valence-electron chi connectivity index (χ2n) is 13.3. The molecule has 2 aromatic rings. The molecule has 8 atom stereocenters. The van der Waals surface area contributed by atoms with Crippen LogP contribution in [0.3, 0.4) is 0 Å². The van der Waals surface area contributed by atoms with Crippen molar-refractivity contribution in [2.75, 3.05) is 9.80 Å². The Labute approximate surface area is 252 Å². The zero-order chi connectivity index (χ0) is 29.6. The molecule has 0 spiro atoms. The zero-order valence-electron chi connectivity index (χ0n) is 24.3. The van der Waals surface area contributed by atoms with E-state index in [0.29, 0.717) is 23.9 Å². The smallest absolute Gasteiger partial charge is 0.238 e. The summed E-state index contributed by atoms with van der Waals surface area (Å²) in [6.07, 6.45) is 12.8. The van der Waals surface area contributed by atoms with Gasteiger partial charge in [-0.2, -0.15) is 0 Å². The Bertz CT molecular complexity index is 1540. The van der Waals surface area contributed by atoms with Gasteiger partial charge in [0.15, 0.2) is 0 Å². The van der Waals surface area contributed by atoms with Gasteiger partial charge < -0.3 is 0 Å². The topological polar surface area (TPSA) is 57.7 Å². The molecule has 0 N–H and O–H groups in total. The maximum atomic E-state index is 13.5. The fourth-order valence-corrected chi connectivity index (χ4v) is 9.48. The van der Waals surface area contributed by atoms with Crippen molar-refractivity contribution >= 4 is 29.1 Å². The van der Waals surface area contributed by atoms with E-state index in [9.17, 15) is 14.4 Å². The van der Waals surface area contributed by atoms with Crippen LogP contribution in [-0.4, -0.2) is 17.7 Å². The molecular formula is C38H36N2O3. The number of anilines is 2. The minimum absolute atomic E-state index is 0.0128. The lowest BCUT2D eigenvalue weighted by atomic mass is 9.79. The lowest BCUT2D eigenvalue weighted by Crippen LogP contribution is -2.32. The highest BCUT2D eigenvalue weighted by Gasteiger charge is 2.61. The van der Waals surface area contributed by atoms with Crippen LogP contribution >= 0.6 is 0 Å². The Morgan fingerprint density at radius 2 is 1.07 bits per heavy atom. The summed E-state index contributed by atoms with van der Waals surface area (Å²) in [6, 6.07) is 16.0. The van der Waals surface area contributed by atoms with Crippen LogP contribution in [0.1, 0.15) is 36.8 Å². The average molecular weight is 569 g/mol. The van der Waals surface area contributed by atoms with Crippen LogP contribution in [0.15, 0.2) is 109 Å². The van der Waals surface area contributed by atoms with Gasteiger partial charge in [-0.1, -0.05) is 66.3 Å². The fourth-order valence-electron chi connectivity index (χ4n) is 9.48. The van der Waals surface area contributed by atoms with E-state index < -0.39 is 0 Å². The first-order valence-corrected chi connectivity index (χ1v) is 15.6. The monoisotopic (exact) mass is 568 g/mol. The van der Waals surface area contributed by atoms with Gasteiger partial charge in [0, 0.05) is 17.3 Å². The highest BCUT2D eigenvalue weighted by molar-refractivity contribution is 6.22. The summed E-state index contributed by atoms with van der Waals surface area (Å²) in [5.41, 5.74) is 7.38. The van der Waals surface area contributed by atoms with Gasteiger partial charge in [-0.3, -0.25) is 24.2 Å². The summed E-state index contributed by atoms with van der Waals surface area (Å²) in [4.78, 5) is 43.6. The minimum atomic E-state index is -0.227. The third-order valence-electron chi connectivity index (χ3n) is 11.2. The molecule has 8 unspecified atom stereocenters. The molecule has 2 aromatic carbocycles. The number of carbonyl (C=O) groups excluding carboxylic acids is 3. The molecule has 0 radical (unpaired) electrons. The normalized spacial score (nSPS) is 33.3. The molecule has 43 heavy (non-hydrogen) atoms. The molecule has 5 heteroatoms. The molecule has 6 aliphatic rings. The molecular weight excluding hydrogens is 532 g/mol. The maximum Gasteiger partial charge on any atom is 0.238 e. The van der Waals surface area contributed by atoms with E-state index in [-0.39, 0.29) is 53.2 Å². The molecule has 5 nitrogen and oxygen atoms in total. The van der Waals surface area contributed by atoms with Crippen molar-refractivity contribution < 1.29 is 14.4 Å². The summed E-state index contributed by atoms with van der Waals surface area (Å²) in [5.74, 6) is 0.898. The van der Waals surface area contributed by atoms with Gasteiger partial charge >= 0.3 is 0 Å². The molecule has 0 aromatic heterocycles. The number of hydrogen-bond acceptors (Lipinski definition) is 3. The Kier molecular flexibility index (Phi) is 5.91. The maximum absolute atomic E-state index is 13.5. The number of allylic oxidation sites excluding steroid dienone is 7. The number of benzene rings is 2. The standard InChI is InChI=1S/C38H36N2O3/c1-4-6-24-17-26-19-30(24)32-21(3)39(36(41)33(26)32)28-12-8-22(9-13-28)16-23-10-14-29(15-11-23)40-37(42)34-27-18-25(7-5-2)31(20-27)35(34)38(40)43/h4-5,8-15,17-18,26-27,30-35H,1-3,6-7,16,19-20H2. The molecule has 2 heterocycles. The first-order chi connectivity index (χ1) is 20.9. The third-order valence-corrected chi connectivity index (χ3v) is 11.2. The minimum Gasteiger partial charge on any atom is -0.285 e.